The molecule has 1 amide bonds. The third-order valence-electron chi connectivity index (χ3n) is 3.81. The van der Waals surface area contributed by atoms with Crippen LogP contribution in [0.4, 0.5) is 10.8 Å². The number of hydrogen-bond donors (Lipinski definition) is 1. The normalized spacial score (nSPS) is 10.7. The zero-order valence-electron chi connectivity index (χ0n) is 14.5. The van der Waals surface area contributed by atoms with E-state index in [1.165, 1.54) is 29.5 Å². The topological polar surface area (TPSA) is 94.4 Å². The lowest BCUT2D eigenvalue weighted by Gasteiger charge is -2.06. The second-order valence-electron chi connectivity index (χ2n) is 5.99. The lowest BCUT2D eigenvalue weighted by atomic mass is 10.1. The molecule has 3 rings (SSSR count). The highest BCUT2D eigenvalue weighted by molar-refractivity contribution is 7.22. The molecule has 2 aromatic carbocycles. The largest absolute Gasteiger partial charge is 0.484 e. The number of hydrogen-bond acceptors (Lipinski definition) is 6. The molecule has 0 atom stereocenters. The van der Waals surface area contributed by atoms with Gasteiger partial charge in [-0.2, -0.15) is 0 Å². The van der Waals surface area contributed by atoms with Crippen molar-refractivity contribution in [3.63, 3.8) is 0 Å². The van der Waals surface area contributed by atoms with E-state index < -0.39 is 4.92 Å². The Morgan fingerprint density at radius 2 is 2.00 bits per heavy atom. The standard InChI is InChI=1S/C18H17N3O4S/c1-10-6-12(3)17-15(7-10)26-18(20-17)19-16(22)9-25-13-4-5-14(21(23)24)11(2)8-13/h4-8H,9H2,1-3H3,(H,19,20,22). The van der Waals surface area contributed by atoms with Gasteiger partial charge in [-0.05, 0) is 50.1 Å². The average Bonchev–Trinajstić information content (AvgIpc) is 2.95. The van der Waals surface area contributed by atoms with Gasteiger partial charge in [-0.1, -0.05) is 17.4 Å². The first-order valence-electron chi connectivity index (χ1n) is 7.89. The molecule has 0 aliphatic rings. The van der Waals surface area contributed by atoms with Gasteiger partial charge in [0, 0.05) is 11.6 Å². The number of anilines is 1. The highest BCUT2D eigenvalue weighted by Crippen LogP contribution is 2.29. The molecule has 1 aromatic heterocycles. The molecule has 0 fully saturated rings. The van der Waals surface area contributed by atoms with Crippen molar-refractivity contribution in [3.8, 4) is 5.75 Å². The van der Waals surface area contributed by atoms with Crippen molar-refractivity contribution in [2.45, 2.75) is 20.8 Å². The van der Waals surface area contributed by atoms with E-state index in [2.05, 4.69) is 10.3 Å². The smallest absolute Gasteiger partial charge is 0.272 e. The average molecular weight is 371 g/mol. The van der Waals surface area contributed by atoms with E-state index in [4.69, 9.17) is 4.74 Å². The maximum absolute atomic E-state index is 12.1. The molecule has 0 bridgehead atoms. The van der Waals surface area contributed by atoms with Crippen molar-refractivity contribution in [2.75, 3.05) is 11.9 Å². The summed E-state index contributed by atoms with van der Waals surface area (Å²) in [5.74, 6) is 0.0634. The Bertz CT molecular complexity index is 1010. The van der Waals surface area contributed by atoms with Gasteiger partial charge in [-0.25, -0.2) is 4.98 Å². The molecule has 3 aromatic rings. The van der Waals surface area contributed by atoms with E-state index in [1.807, 2.05) is 26.0 Å². The number of nitrogens with zero attached hydrogens (tertiary/aromatic N) is 2. The number of benzene rings is 2. The Morgan fingerprint density at radius 3 is 2.69 bits per heavy atom. The highest BCUT2D eigenvalue weighted by Gasteiger charge is 2.13. The van der Waals surface area contributed by atoms with Crippen LogP contribution in [0.1, 0.15) is 16.7 Å². The van der Waals surface area contributed by atoms with Crippen molar-refractivity contribution in [1.29, 1.82) is 0 Å². The third-order valence-corrected chi connectivity index (χ3v) is 4.73. The van der Waals surface area contributed by atoms with Crippen LogP contribution in [0, 0.1) is 30.9 Å². The minimum Gasteiger partial charge on any atom is -0.484 e. The summed E-state index contributed by atoms with van der Waals surface area (Å²) in [7, 11) is 0. The van der Waals surface area contributed by atoms with Gasteiger partial charge in [-0.3, -0.25) is 20.2 Å². The minimum atomic E-state index is -0.456. The zero-order valence-corrected chi connectivity index (χ0v) is 15.3. The van der Waals surface area contributed by atoms with Gasteiger partial charge in [0.2, 0.25) is 0 Å². The van der Waals surface area contributed by atoms with Crippen molar-refractivity contribution < 1.29 is 14.5 Å². The first-order chi connectivity index (χ1) is 12.3. The number of carbonyl (C=O) groups excluding carboxylic acids is 1. The molecule has 0 spiro atoms. The molecule has 0 unspecified atom stereocenters. The molecule has 8 heteroatoms. The van der Waals surface area contributed by atoms with Gasteiger partial charge >= 0.3 is 0 Å². The fourth-order valence-electron chi connectivity index (χ4n) is 2.65. The molecule has 134 valence electrons. The van der Waals surface area contributed by atoms with E-state index in [1.54, 1.807) is 6.92 Å². The second-order valence-corrected chi connectivity index (χ2v) is 7.02. The Kier molecular flexibility index (Phi) is 4.85. The number of amides is 1. The number of aryl methyl sites for hydroxylation is 3. The van der Waals surface area contributed by atoms with Crippen LogP contribution >= 0.6 is 11.3 Å². The lowest BCUT2D eigenvalue weighted by molar-refractivity contribution is -0.385. The summed E-state index contributed by atoms with van der Waals surface area (Å²) >= 11 is 1.41. The number of carbonyl (C=O) groups is 1. The minimum absolute atomic E-state index is 0.0157. The van der Waals surface area contributed by atoms with Gasteiger partial charge in [0.25, 0.3) is 11.6 Å². The van der Waals surface area contributed by atoms with Gasteiger partial charge in [0.15, 0.2) is 11.7 Å². The Labute approximate surface area is 153 Å². The SMILES string of the molecule is Cc1cc(C)c2nc(NC(=O)COc3ccc([N+](=O)[O-])c(C)c3)sc2c1. The van der Waals surface area contributed by atoms with Gasteiger partial charge in [0.05, 0.1) is 15.1 Å². The summed E-state index contributed by atoms with van der Waals surface area (Å²) in [6.45, 7) is 5.42. The fourth-order valence-corrected chi connectivity index (χ4v) is 3.71. The molecule has 1 N–H and O–H groups in total. The molecule has 1 heterocycles. The van der Waals surface area contributed by atoms with Crippen LogP contribution in [0.15, 0.2) is 30.3 Å². The second kappa shape index (κ2) is 7.09. The number of nitro benzene ring substituents is 1. The van der Waals surface area contributed by atoms with Crippen molar-refractivity contribution in [2.24, 2.45) is 0 Å². The van der Waals surface area contributed by atoms with Crippen LogP contribution in [0.3, 0.4) is 0 Å². The fraction of sp³-hybridized carbons (Fsp3) is 0.222. The van der Waals surface area contributed by atoms with Crippen LogP contribution in [-0.2, 0) is 4.79 Å². The van der Waals surface area contributed by atoms with E-state index in [0.29, 0.717) is 16.4 Å². The lowest BCUT2D eigenvalue weighted by Crippen LogP contribution is -2.20. The first kappa shape index (κ1) is 17.8. The van der Waals surface area contributed by atoms with E-state index in [9.17, 15) is 14.9 Å². The highest BCUT2D eigenvalue weighted by atomic mass is 32.1. The number of nitrogens with one attached hydrogen (secondary N) is 1. The number of rotatable bonds is 5. The van der Waals surface area contributed by atoms with Crippen molar-refractivity contribution >= 4 is 38.3 Å². The predicted octanol–water partition coefficient (Wildman–Crippen LogP) is 4.15. The number of thiazole rings is 1. The Hall–Kier alpha value is -3.00. The van der Waals surface area contributed by atoms with E-state index in [-0.39, 0.29) is 18.2 Å². The molecule has 0 aliphatic carbocycles. The molecule has 26 heavy (non-hydrogen) atoms. The van der Waals surface area contributed by atoms with Crippen molar-refractivity contribution in [3.05, 3.63) is 57.1 Å². The Balaban J connectivity index is 1.65. The zero-order chi connectivity index (χ0) is 18.8. The number of aromatic nitrogens is 1. The molecule has 7 nitrogen and oxygen atoms in total. The first-order valence-corrected chi connectivity index (χ1v) is 8.70. The summed E-state index contributed by atoms with van der Waals surface area (Å²) in [6.07, 6.45) is 0. The van der Waals surface area contributed by atoms with E-state index in [0.717, 1.165) is 21.3 Å². The summed E-state index contributed by atoms with van der Waals surface area (Å²) in [6, 6.07) is 8.46. The maximum atomic E-state index is 12.1. The van der Waals surface area contributed by atoms with Crippen molar-refractivity contribution in [1.82, 2.24) is 4.98 Å². The van der Waals surface area contributed by atoms with Crippen LogP contribution in [0.5, 0.6) is 5.75 Å². The van der Waals surface area contributed by atoms with Gasteiger partial charge in [-0.15, -0.1) is 0 Å². The summed E-state index contributed by atoms with van der Waals surface area (Å²) in [5, 5.41) is 14.1. The molecular formula is C18H17N3O4S. The number of fused-ring (bicyclic) bond motifs is 1. The molecule has 0 aliphatic heterocycles. The maximum Gasteiger partial charge on any atom is 0.272 e. The summed E-state index contributed by atoms with van der Waals surface area (Å²) < 4.78 is 6.43. The van der Waals surface area contributed by atoms with E-state index >= 15 is 0 Å². The molecule has 0 radical (unpaired) electrons. The predicted molar refractivity (Wildman–Crippen MR) is 101 cm³/mol. The molecular weight excluding hydrogens is 354 g/mol. The van der Waals surface area contributed by atoms with Gasteiger partial charge < -0.3 is 4.74 Å². The van der Waals surface area contributed by atoms with Crippen LogP contribution in [0.25, 0.3) is 10.2 Å². The van der Waals surface area contributed by atoms with Crippen LogP contribution in [0.2, 0.25) is 0 Å². The quantitative estimate of drug-likeness (QED) is 0.537. The Morgan fingerprint density at radius 1 is 1.23 bits per heavy atom. The van der Waals surface area contributed by atoms with Crippen LogP contribution < -0.4 is 10.1 Å². The number of nitro groups is 1. The van der Waals surface area contributed by atoms with Crippen LogP contribution in [-0.4, -0.2) is 22.4 Å². The summed E-state index contributed by atoms with van der Waals surface area (Å²) in [4.78, 5) is 26.9. The monoisotopic (exact) mass is 371 g/mol. The van der Waals surface area contributed by atoms with Gasteiger partial charge in [0.1, 0.15) is 5.75 Å². The third kappa shape index (κ3) is 3.80. The summed E-state index contributed by atoms with van der Waals surface area (Å²) in [5.41, 5.74) is 3.58. The molecule has 0 saturated carbocycles. The molecule has 0 saturated heterocycles. The number of ether oxygens (including phenoxy) is 1.